The molecule has 24 heavy (non-hydrogen) atoms. The molecule has 2 aliphatic rings. The molecular formula is C18H22N2O4. The minimum Gasteiger partial charge on any atom is -0.455 e. The monoisotopic (exact) mass is 330 g/mol. The molecule has 2 aliphatic heterocycles. The molecule has 1 atom stereocenters. The number of benzene rings is 1. The Labute approximate surface area is 141 Å². The smallest absolute Gasteiger partial charge is 0.311 e. The molecule has 0 N–H and O–H groups in total. The molecule has 2 heterocycles. The zero-order valence-electron chi connectivity index (χ0n) is 13.9. The van der Waals surface area contributed by atoms with Crippen LogP contribution < -0.4 is 4.90 Å². The molecule has 3 rings (SSSR count). The van der Waals surface area contributed by atoms with Gasteiger partial charge in [-0.3, -0.25) is 14.4 Å². The van der Waals surface area contributed by atoms with Gasteiger partial charge in [0.05, 0.1) is 5.92 Å². The summed E-state index contributed by atoms with van der Waals surface area (Å²) in [6.45, 7) is 3.22. The number of esters is 1. The van der Waals surface area contributed by atoms with Crippen LogP contribution in [0.3, 0.4) is 0 Å². The van der Waals surface area contributed by atoms with Gasteiger partial charge in [-0.15, -0.1) is 0 Å². The van der Waals surface area contributed by atoms with E-state index in [0.717, 1.165) is 24.1 Å². The van der Waals surface area contributed by atoms with E-state index in [1.54, 1.807) is 9.80 Å². The second-order valence-electron chi connectivity index (χ2n) is 6.22. The lowest BCUT2D eigenvalue weighted by Gasteiger charge is -2.29. The molecule has 6 heteroatoms. The Bertz CT molecular complexity index is 658. The Morgan fingerprint density at radius 3 is 2.83 bits per heavy atom. The Balaban J connectivity index is 1.57. The van der Waals surface area contributed by atoms with Crippen LogP contribution in [-0.2, 0) is 25.5 Å². The number of aryl methyl sites for hydroxylation is 1. The minimum absolute atomic E-state index is 0.0317. The molecule has 1 saturated heterocycles. The summed E-state index contributed by atoms with van der Waals surface area (Å²) in [5.41, 5.74) is 2.04. The van der Waals surface area contributed by atoms with Gasteiger partial charge >= 0.3 is 5.97 Å². The van der Waals surface area contributed by atoms with Gasteiger partial charge in [-0.05, 0) is 31.4 Å². The maximum absolute atomic E-state index is 12.4. The number of anilines is 1. The fourth-order valence-corrected chi connectivity index (χ4v) is 3.36. The molecular weight excluding hydrogens is 308 g/mol. The average Bonchev–Trinajstić information content (AvgIpc) is 2.99. The highest BCUT2D eigenvalue weighted by molar-refractivity contribution is 5.96. The normalized spacial score (nSPS) is 20.0. The number of fused-ring (bicyclic) bond motifs is 1. The first-order valence-corrected chi connectivity index (χ1v) is 8.42. The van der Waals surface area contributed by atoms with Gasteiger partial charge in [0.1, 0.15) is 0 Å². The molecule has 1 fully saturated rings. The summed E-state index contributed by atoms with van der Waals surface area (Å²) in [5, 5.41) is 0. The maximum Gasteiger partial charge on any atom is 0.311 e. The lowest BCUT2D eigenvalue weighted by Crippen LogP contribution is -2.39. The van der Waals surface area contributed by atoms with Gasteiger partial charge in [0.15, 0.2) is 6.61 Å². The molecule has 0 aromatic heterocycles. The van der Waals surface area contributed by atoms with Crippen molar-refractivity contribution in [1.82, 2.24) is 4.90 Å². The molecule has 1 aromatic rings. The van der Waals surface area contributed by atoms with Gasteiger partial charge in [-0.1, -0.05) is 18.2 Å². The summed E-state index contributed by atoms with van der Waals surface area (Å²) in [7, 11) is 0. The Morgan fingerprint density at radius 1 is 1.29 bits per heavy atom. The van der Waals surface area contributed by atoms with Crippen LogP contribution in [0.25, 0.3) is 0 Å². The molecule has 6 nitrogen and oxygen atoms in total. The molecule has 0 aliphatic carbocycles. The van der Waals surface area contributed by atoms with Crippen LogP contribution in [0.4, 0.5) is 5.69 Å². The van der Waals surface area contributed by atoms with Crippen LogP contribution in [0, 0.1) is 5.92 Å². The van der Waals surface area contributed by atoms with Crippen molar-refractivity contribution in [2.24, 2.45) is 5.92 Å². The van der Waals surface area contributed by atoms with E-state index in [4.69, 9.17) is 4.74 Å². The summed E-state index contributed by atoms with van der Waals surface area (Å²) in [5.74, 6) is -1.17. The SMILES string of the molecule is CCN1CC(C(=O)OCC(=O)N2CCCc3ccccc32)CC1=O. The van der Waals surface area contributed by atoms with Crippen LogP contribution in [0.1, 0.15) is 25.3 Å². The van der Waals surface area contributed by atoms with Crippen molar-refractivity contribution in [1.29, 1.82) is 0 Å². The van der Waals surface area contributed by atoms with Gasteiger partial charge < -0.3 is 14.5 Å². The van der Waals surface area contributed by atoms with Crippen molar-refractivity contribution in [3.05, 3.63) is 29.8 Å². The van der Waals surface area contributed by atoms with E-state index in [-0.39, 0.29) is 24.8 Å². The first-order valence-electron chi connectivity index (χ1n) is 8.42. The van der Waals surface area contributed by atoms with Crippen LogP contribution in [0.2, 0.25) is 0 Å². The number of hydrogen-bond donors (Lipinski definition) is 0. The molecule has 128 valence electrons. The fourth-order valence-electron chi connectivity index (χ4n) is 3.36. The third kappa shape index (κ3) is 3.27. The van der Waals surface area contributed by atoms with Crippen molar-refractivity contribution in [3.63, 3.8) is 0 Å². The topological polar surface area (TPSA) is 66.9 Å². The van der Waals surface area contributed by atoms with E-state index in [2.05, 4.69) is 0 Å². The van der Waals surface area contributed by atoms with Crippen molar-refractivity contribution in [2.45, 2.75) is 26.2 Å². The van der Waals surface area contributed by atoms with Crippen molar-refractivity contribution < 1.29 is 19.1 Å². The number of para-hydroxylation sites is 1. The summed E-state index contributed by atoms with van der Waals surface area (Å²) in [6, 6.07) is 7.80. The molecule has 0 spiro atoms. The van der Waals surface area contributed by atoms with E-state index >= 15 is 0 Å². The Morgan fingerprint density at radius 2 is 2.08 bits per heavy atom. The lowest BCUT2D eigenvalue weighted by atomic mass is 10.0. The van der Waals surface area contributed by atoms with Crippen LogP contribution in [0.15, 0.2) is 24.3 Å². The van der Waals surface area contributed by atoms with Gasteiger partial charge in [0.2, 0.25) is 5.91 Å². The molecule has 0 radical (unpaired) electrons. The van der Waals surface area contributed by atoms with Crippen LogP contribution in [0.5, 0.6) is 0 Å². The van der Waals surface area contributed by atoms with Gasteiger partial charge in [0.25, 0.3) is 5.91 Å². The van der Waals surface area contributed by atoms with Crippen LogP contribution >= 0.6 is 0 Å². The molecule has 0 saturated carbocycles. The van der Waals surface area contributed by atoms with E-state index in [1.807, 2.05) is 31.2 Å². The second kappa shape index (κ2) is 7.03. The summed E-state index contributed by atoms with van der Waals surface area (Å²) >= 11 is 0. The molecule has 2 amide bonds. The Kier molecular flexibility index (Phi) is 4.83. The highest BCUT2D eigenvalue weighted by Crippen LogP contribution is 2.27. The third-order valence-electron chi connectivity index (χ3n) is 4.68. The number of hydrogen-bond acceptors (Lipinski definition) is 4. The predicted molar refractivity (Wildman–Crippen MR) is 88.4 cm³/mol. The zero-order chi connectivity index (χ0) is 17.1. The predicted octanol–water partition coefficient (Wildman–Crippen LogP) is 1.38. The van der Waals surface area contributed by atoms with E-state index in [9.17, 15) is 14.4 Å². The second-order valence-corrected chi connectivity index (χ2v) is 6.22. The minimum atomic E-state index is -0.460. The fraction of sp³-hybridized carbons (Fsp3) is 0.500. The zero-order valence-corrected chi connectivity index (χ0v) is 13.9. The molecule has 1 unspecified atom stereocenters. The standard InChI is InChI=1S/C18H22N2O4/c1-2-19-11-14(10-16(19)21)18(23)24-12-17(22)20-9-5-7-13-6-3-4-8-15(13)20/h3-4,6,8,14H,2,5,7,9-12H2,1H3. The number of amides is 2. The lowest BCUT2D eigenvalue weighted by molar-refractivity contribution is -0.151. The summed E-state index contributed by atoms with van der Waals surface area (Å²) in [4.78, 5) is 39.6. The number of nitrogens with zero attached hydrogens (tertiary/aromatic N) is 2. The average molecular weight is 330 g/mol. The van der Waals surface area contributed by atoms with E-state index in [1.165, 1.54) is 0 Å². The number of rotatable bonds is 4. The number of likely N-dealkylation sites (tertiary alicyclic amines) is 1. The first-order chi connectivity index (χ1) is 11.6. The Hall–Kier alpha value is -2.37. The van der Waals surface area contributed by atoms with Gasteiger partial charge in [0, 0.05) is 31.7 Å². The largest absolute Gasteiger partial charge is 0.455 e. The number of carbonyl (C=O) groups is 3. The van der Waals surface area contributed by atoms with Gasteiger partial charge in [-0.2, -0.15) is 0 Å². The van der Waals surface area contributed by atoms with Crippen molar-refractivity contribution >= 4 is 23.5 Å². The molecule has 1 aromatic carbocycles. The summed E-state index contributed by atoms with van der Waals surface area (Å²) < 4.78 is 5.19. The van der Waals surface area contributed by atoms with E-state index < -0.39 is 11.9 Å². The quantitative estimate of drug-likeness (QED) is 0.782. The van der Waals surface area contributed by atoms with Gasteiger partial charge in [-0.25, -0.2) is 0 Å². The highest BCUT2D eigenvalue weighted by Gasteiger charge is 2.35. The first kappa shape index (κ1) is 16.5. The molecule has 0 bridgehead atoms. The summed E-state index contributed by atoms with van der Waals surface area (Å²) in [6.07, 6.45) is 2.03. The maximum atomic E-state index is 12.4. The van der Waals surface area contributed by atoms with E-state index in [0.29, 0.717) is 19.6 Å². The van der Waals surface area contributed by atoms with Crippen molar-refractivity contribution in [3.8, 4) is 0 Å². The highest BCUT2D eigenvalue weighted by atomic mass is 16.5. The van der Waals surface area contributed by atoms with Crippen molar-refractivity contribution in [2.75, 3.05) is 31.1 Å². The third-order valence-corrected chi connectivity index (χ3v) is 4.68. The van der Waals surface area contributed by atoms with Crippen LogP contribution in [-0.4, -0.2) is 48.9 Å². The number of ether oxygens (including phenoxy) is 1. The number of carbonyl (C=O) groups excluding carboxylic acids is 3.